The molecule has 1 aromatic carbocycles. The molecular weight excluding hydrogens is 272 g/mol. The van der Waals surface area contributed by atoms with Crippen molar-refractivity contribution in [3.8, 4) is 0 Å². The molecule has 1 aromatic rings. The van der Waals surface area contributed by atoms with Gasteiger partial charge in [0.2, 0.25) is 0 Å². The van der Waals surface area contributed by atoms with E-state index in [0.29, 0.717) is 5.56 Å². The normalized spacial score (nSPS) is 12.2. The molecule has 0 bridgehead atoms. The van der Waals surface area contributed by atoms with Gasteiger partial charge in [-0.05, 0) is 30.5 Å². The molecule has 4 heteroatoms. The highest BCUT2D eigenvalue weighted by Crippen LogP contribution is 2.27. The van der Waals surface area contributed by atoms with Crippen molar-refractivity contribution in [2.45, 2.75) is 25.1 Å². The van der Waals surface area contributed by atoms with Crippen LogP contribution < -0.4 is 0 Å². The lowest BCUT2D eigenvalue weighted by atomic mass is 9.99. The Morgan fingerprint density at radius 2 is 2.06 bits per heavy atom. The quantitative estimate of drug-likeness (QED) is 0.865. The van der Waals surface area contributed by atoms with Crippen LogP contribution in [-0.2, 0) is 16.0 Å². The molecule has 0 spiro atoms. The van der Waals surface area contributed by atoms with Gasteiger partial charge in [0.1, 0.15) is 5.78 Å². The second-order valence-corrected chi connectivity index (χ2v) is 4.65. The predicted molar refractivity (Wildman–Crippen MR) is 64.9 cm³/mol. The molecule has 1 N–H and O–H groups in total. The molecular formula is C12H13BrO3. The van der Waals surface area contributed by atoms with Gasteiger partial charge in [0.15, 0.2) is 0 Å². The van der Waals surface area contributed by atoms with E-state index in [1.54, 1.807) is 12.1 Å². The number of ketones is 1. The molecule has 0 radical (unpaired) electrons. The fourth-order valence-electron chi connectivity index (χ4n) is 1.47. The number of carbonyl (C=O) groups excluding carboxylic acids is 1. The Bertz CT molecular complexity index is 426. The second-order valence-electron chi connectivity index (χ2n) is 3.73. The van der Waals surface area contributed by atoms with Crippen molar-refractivity contribution < 1.29 is 14.7 Å². The average Bonchev–Trinajstić information content (AvgIpc) is 2.19. The molecule has 0 amide bonds. The third-order valence-corrected chi connectivity index (χ3v) is 3.47. The molecule has 0 aliphatic rings. The Morgan fingerprint density at radius 3 is 2.56 bits per heavy atom. The number of aliphatic carboxylic acids is 1. The van der Waals surface area contributed by atoms with Crippen molar-refractivity contribution in [1.29, 1.82) is 0 Å². The molecule has 0 aromatic heterocycles. The van der Waals surface area contributed by atoms with Gasteiger partial charge in [-0.1, -0.05) is 34.1 Å². The molecule has 0 heterocycles. The van der Waals surface area contributed by atoms with Gasteiger partial charge in [0.05, 0.1) is 11.2 Å². The van der Waals surface area contributed by atoms with E-state index < -0.39 is 5.97 Å². The summed E-state index contributed by atoms with van der Waals surface area (Å²) in [6, 6.07) is 5.38. The van der Waals surface area contributed by atoms with Crippen LogP contribution in [0.25, 0.3) is 0 Å². The summed E-state index contributed by atoms with van der Waals surface area (Å²) in [6.07, 6.45) is -0.0229. The van der Waals surface area contributed by atoms with Gasteiger partial charge in [-0.25, -0.2) is 0 Å². The van der Waals surface area contributed by atoms with Gasteiger partial charge in [0.25, 0.3) is 0 Å². The zero-order valence-electron chi connectivity index (χ0n) is 9.16. The number of carbonyl (C=O) groups is 2. The number of Topliss-reactive ketones (excluding diaryl/α,β-unsaturated/α-hetero) is 1. The van der Waals surface area contributed by atoms with E-state index in [9.17, 15) is 9.59 Å². The largest absolute Gasteiger partial charge is 0.481 e. The maximum Gasteiger partial charge on any atom is 0.307 e. The average molecular weight is 285 g/mol. The Hall–Kier alpha value is -1.16. The first-order valence-electron chi connectivity index (χ1n) is 4.87. The fraction of sp³-hybridized carbons (Fsp3) is 0.333. The van der Waals surface area contributed by atoms with E-state index in [1.807, 2.05) is 13.0 Å². The smallest absolute Gasteiger partial charge is 0.307 e. The Balaban J connectivity index is 3.08. The number of hydrogen-bond donors (Lipinski definition) is 1. The van der Waals surface area contributed by atoms with E-state index in [0.717, 1.165) is 11.1 Å². The van der Waals surface area contributed by atoms with Crippen molar-refractivity contribution in [3.05, 3.63) is 34.9 Å². The highest BCUT2D eigenvalue weighted by molar-refractivity contribution is 9.09. The van der Waals surface area contributed by atoms with Gasteiger partial charge in [-0.15, -0.1) is 0 Å². The van der Waals surface area contributed by atoms with Crippen molar-refractivity contribution in [3.63, 3.8) is 0 Å². The second kappa shape index (κ2) is 5.25. The molecule has 3 nitrogen and oxygen atoms in total. The summed E-state index contributed by atoms with van der Waals surface area (Å²) in [6.45, 7) is 3.40. The number of benzene rings is 1. The molecule has 0 aliphatic carbocycles. The van der Waals surface area contributed by atoms with E-state index >= 15 is 0 Å². The summed E-state index contributed by atoms with van der Waals surface area (Å²) >= 11 is 3.30. The fourth-order valence-corrected chi connectivity index (χ4v) is 1.96. The lowest BCUT2D eigenvalue weighted by molar-refractivity contribution is -0.136. The molecule has 0 saturated heterocycles. The van der Waals surface area contributed by atoms with Gasteiger partial charge in [0, 0.05) is 0 Å². The molecule has 0 fully saturated rings. The molecule has 1 unspecified atom stereocenters. The minimum Gasteiger partial charge on any atom is -0.481 e. The van der Waals surface area contributed by atoms with Crippen LogP contribution in [0.4, 0.5) is 0 Å². The van der Waals surface area contributed by atoms with Crippen LogP contribution in [0, 0.1) is 6.92 Å². The number of aryl methyl sites for hydroxylation is 1. The van der Waals surface area contributed by atoms with E-state index in [-0.39, 0.29) is 17.0 Å². The standard InChI is InChI=1S/C12H13BrO3/c1-7-3-4-9(6-11(15)16)5-10(7)12(13)8(2)14/h3-5,12H,6H2,1-2H3,(H,15,16). The van der Waals surface area contributed by atoms with Gasteiger partial charge in [-0.2, -0.15) is 0 Å². The lowest BCUT2D eigenvalue weighted by Crippen LogP contribution is -2.06. The minimum atomic E-state index is -0.872. The Kier molecular flexibility index (Phi) is 4.24. The van der Waals surface area contributed by atoms with Gasteiger partial charge in [-0.3, -0.25) is 9.59 Å². The molecule has 0 saturated carbocycles. The summed E-state index contributed by atoms with van der Waals surface area (Å²) in [5.74, 6) is -0.862. The van der Waals surface area contributed by atoms with Crippen molar-refractivity contribution in [1.82, 2.24) is 0 Å². The van der Waals surface area contributed by atoms with Crippen LogP contribution >= 0.6 is 15.9 Å². The summed E-state index contributed by atoms with van der Waals surface area (Å²) in [5.41, 5.74) is 2.52. The minimum absolute atomic E-state index is 0.00979. The number of hydrogen-bond acceptors (Lipinski definition) is 2. The van der Waals surface area contributed by atoms with Crippen molar-refractivity contribution >= 4 is 27.7 Å². The van der Waals surface area contributed by atoms with Gasteiger partial charge >= 0.3 is 5.97 Å². The first-order valence-corrected chi connectivity index (χ1v) is 5.79. The molecule has 0 aliphatic heterocycles. The number of halogens is 1. The number of carboxylic acids is 1. The Labute approximate surface area is 103 Å². The predicted octanol–water partition coefficient (Wildman–Crippen LogP) is 2.65. The van der Waals surface area contributed by atoms with Crippen LogP contribution in [0.5, 0.6) is 0 Å². The molecule has 86 valence electrons. The highest BCUT2D eigenvalue weighted by atomic mass is 79.9. The van der Waals surface area contributed by atoms with Gasteiger partial charge < -0.3 is 5.11 Å². The van der Waals surface area contributed by atoms with E-state index in [1.165, 1.54) is 6.92 Å². The number of alkyl halides is 1. The van der Waals surface area contributed by atoms with E-state index in [4.69, 9.17) is 5.11 Å². The zero-order chi connectivity index (χ0) is 12.3. The lowest BCUT2D eigenvalue weighted by Gasteiger charge is -2.11. The summed E-state index contributed by atoms with van der Waals surface area (Å²) in [5, 5.41) is 8.70. The van der Waals surface area contributed by atoms with Crippen LogP contribution in [0.2, 0.25) is 0 Å². The van der Waals surface area contributed by atoms with Crippen LogP contribution in [0.1, 0.15) is 28.4 Å². The van der Waals surface area contributed by atoms with E-state index in [2.05, 4.69) is 15.9 Å². The third kappa shape index (κ3) is 3.17. The molecule has 1 atom stereocenters. The maximum atomic E-state index is 11.3. The number of rotatable bonds is 4. The van der Waals surface area contributed by atoms with Crippen LogP contribution in [-0.4, -0.2) is 16.9 Å². The monoisotopic (exact) mass is 284 g/mol. The van der Waals surface area contributed by atoms with Crippen LogP contribution in [0.3, 0.4) is 0 Å². The third-order valence-electron chi connectivity index (χ3n) is 2.33. The SMILES string of the molecule is CC(=O)C(Br)c1cc(CC(=O)O)ccc1C. The summed E-state index contributed by atoms with van der Waals surface area (Å²) in [7, 11) is 0. The van der Waals surface area contributed by atoms with Crippen molar-refractivity contribution in [2.24, 2.45) is 0 Å². The molecule has 1 rings (SSSR count). The number of carboxylic acid groups (broad SMARTS) is 1. The first kappa shape index (κ1) is 12.9. The zero-order valence-corrected chi connectivity index (χ0v) is 10.7. The summed E-state index contributed by atoms with van der Waals surface area (Å²) in [4.78, 5) is 21.5. The topological polar surface area (TPSA) is 54.4 Å². The highest BCUT2D eigenvalue weighted by Gasteiger charge is 2.15. The molecule has 16 heavy (non-hydrogen) atoms. The van der Waals surface area contributed by atoms with Crippen LogP contribution in [0.15, 0.2) is 18.2 Å². The van der Waals surface area contributed by atoms with Crippen molar-refractivity contribution in [2.75, 3.05) is 0 Å². The maximum absolute atomic E-state index is 11.3. The first-order chi connectivity index (χ1) is 7.41. The summed E-state index contributed by atoms with van der Waals surface area (Å²) < 4.78 is 0. The Morgan fingerprint density at radius 1 is 1.44 bits per heavy atom.